The van der Waals surface area contributed by atoms with Crippen LogP contribution in [0.5, 0.6) is 0 Å². The van der Waals surface area contributed by atoms with Crippen LogP contribution in [0.2, 0.25) is 0 Å². The summed E-state index contributed by atoms with van der Waals surface area (Å²) in [5.41, 5.74) is 11.0. The molecular weight excluding hydrogens is 390 g/mol. The van der Waals surface area contributed by atoms with Gasteiger partial charge in [0.25, 0.3) is 0 Å². The third-order valence-corrected chi connectivity index (χ3v) is 4.26. The quantitative estimate of drug-likeness (QED) is 0.303. The van der Waals surface area contributed by atoms with Gasteiger partial charge in [0.2, 0.25) is 6.54 Å². The van der Waals surface area contributed by atoms with Crippen molar-refractivity contribution in [1.82, 2.24) is 15.1 Å². The Hall–Kier alpha value is -3.02. The molecule has 9 heteroatoms. The zero-order chi connectivity index (χ0) is 23.2. The smallest absolute Gasteiger partial charge is 0.214 e. The molecule has 0 unspecified atom stereocenters. The fourth-order valence-corrected chi connectivity index (χ4v) is 2.88. The maximum absolute atomic E-state index is 8.83. The van der Waals surface area contributed by atoms with E-state index in [0.717, 1.165) is 38.0 Å². The normalized spacial score (nSPS) is 13.4. The number of rotatable bonds is 9. The first-order valence-corrected chi connectivity index (χ1v) is 10.3. The first-order chi connectivity index (χ1) is 15.2. The van der Waals surface area contributed by atoms with Gasteiger partial charge in [0.05, 0.1) is 44.0 Å². The number of nitrogens with one attached hydrogen (secondary N) is 1. The molecule has 1 aromatic rings. The molecule has 31 heavy (non-hydrogen) atoms. The highest BCUT2D eigenvalue weighted by Gasteiger charge is 2.32. The van der Waals surface area contributed by atoms with Gasteiger partial charge in [-0.3, -0.25) is 9.80 Å². The minimum Gasteiger partial charge on any atom is -0.329 e. The van der Waals surface area contributed by atoms with Gasteiger partial charge < -0.3 is 21.6 Å². The number of nitrogens with two attached hydrogens (primary N) is 2. The highest BCUT2D eigenvalue weighted by atomic mass is 15.4. The van der Waals surface area contributed by atoms with Gasteiger partial charge >= 0.3 is 0 Å². The van der Waals surface area contributed by atoms with Gasteiger partial charge in [0.15, 0.2) is 0 Å². The molecule has 1 aliphatic rings. The summed E-state index contributed by atoms with van der Waals surface area (Å²) in [7, 11) is 0. The average Bonchev–Trinajstić information content (AvgIpc) is 3.20. The minimum absolute atomic E-state index is 0.0653. The van der Waals surface area contributed by atoms with Crippen LogP contribution in [-0.2, 0) is 0 Å². The Kier molecular flexibility index (Phi) is 18.3. The van der Waals surface area contributed by atoms with E-state index in [1.165, 1.54) is 0 Å². The maximum Gasteiger partial charge on any atom is 0.214 e. The van der Waals surface area contributed by atoms with Crippen LogP contribution in [0.4, 0.5) is 0 Å². The monoisotopic (exact) mass is 423 g/mol. The van der Waals surface area contributed by atoms with E-state index < -0.39 is 0 Å². The molecule has 9 nitrogen and oxygen atoms in total. The summed E-state index contributed by atoms with van der Waals surface area (Å²) in [6, 6.07) is 16.4. The highest BCUT2D eigenvalue weighted by molar-refractivity contribution is 5.20. The molecule has 0 bridgehead atoms. The molecular formula is C22H33N9. The second-order valence-corrected chi connectivity index (χ2v) is 6.54. The SMILES string of the molecule is N#CCN1CCN(CC#N)C1c1ccccc1.NCCN.[C-]#[N+]CCCCNCC#N. The molecule has 166 valence electrons. The van der Waals surface area contributed by atoms with E-state index >= 15 is 0 Å². The molecule has 0 aromatic heterocycles. The van der Waals surface area contributed by atoms with Crippen molar-refractivity contribution in [1.29, 1.82) is 15.8 Å². The van der Waals surface area contributed by atoms with Gasteiger partial charge in [0, 0.05) is 32.6 Å². The fourth-order valence-electron chi connectivity index (χ4n) is 2.88. The van der Waals surface area contributed by atoms with Gasteiger partial charge in [-0.05, 0) is 18.5 Å². The summed E-state index contributed by atoms with van der Waals surface area (Å²) in [5, 5.41) is 28.7. The van der Waals surface area contributed by atoms with E-state index in [-0.39, 0.29) is 6.17 Å². The lowest BCUT2D eigenvalue weighted by atomic mass is 10.1. The predicted octanol–water partition coefficient (Wildman–Crippen LogP) is 1.05. The van der Waals surface area contributed by atoms with E-state index in [1.807, 2.05) is 36.4 Å². The van der Waals surface area contributed by atoms with E-state index in [9.17, 15) is 0 Å². The highest BCUT2D eigenvalue weighted by Crippen LogP contribution is 2.28. The molecule has 1 aromatic carbocycles. The number of benzene rings is 1. The van der Waals surface area contributed by atoms with Gasteiger partial charge in [0.1, 0.15) is 0 Å². The predicted molar refractivity (Wildman–Crippen MR) is 121 cm³/mol. The van der Waals surface area contributed by atoms with Crippen LogP contribution in [0.25, 0.3) is 4.85 Å². The lowest BCUT2D eigenvalue weighted by molar-refractivity contribution is 0.164. The largest absolute Gasteiger partial charge is 0.329 e. The van der Waals surface area contributed by atoms with Crippen LogP contribution in [0, 0.1) is 40.6 Å². The van der Waals surface area contributed by atoms with Crippen molar-refractivity contribution in [3.63, 3.8) is 0 Å². The van der Waals surface area contributed by atoms with Crippen molar-refractivity contribution in [2.75, 3.05) is 58.9 Å². The second kappa shape index (κ2) is 20.3. The van der Waals surface area contributed by atoms with Gasteiger partial charge in [-0.25, -0.2) is 6.57 Å². The number of hydrogen-bond acceptors (Lipinski definition) is 8. The number of hydrogen-bond donors (Lipinski definition) is 3. The standard InChI is InChI=1S/C13H14N4.C7H11N3.C2H8N2/c14-6-8-16-10-11-17(9-7-15)13(16)12-4-2-1-3-5-12;1-9-5-2-3-6-10-7-4-8;3-1-2-4/h1-5,13H,8-11H2;10H,2-3,5-7H2;1-4H2. The fraction of sp³-hybridized carbons (Fsp3) is 0.545. The van der Waals surface area contributed by atoms with E-state index in [4.69, 9.17) is 33.8 Å². The summed E-state index contributed by atoms with van der Waals surface area (Å²) in [6.07, 6.45) is 1.99. The van der Waals surface area contributed by atoms with Crippen LogP contribution in [-0.4, -0.2) is 68.7 Å². The molecule has 5 N–H and O–H groups in total. The summed E-state index contributed by atoms with van der Waals surface area (Å²) >= 11 is 0. The summed E-state index contributed by atoms with van der Waals surface area (Å²) < 4.78 is 0. The lowest BCUT2D eigenvalue weighted by Crippen LogP contribution is -2.31. The molecule has 0 radical (unpaired) electrons. The van der Waals surface area contributed by atoms with Crippen LogP contribution in [0.3, 0.4) is 0 Å². The Morgan fingerprint density at radius 1 is 0.968 bits per heavy atom. The molecule has 0 atom stereocenters. The molecule has 0 aliphatic carbocycles. The summed E-state index contributed by atoms with van der Waals surface area (Å²) in [5.74, 6) is 0. The van der Waals surface area contributed by atoms with E-state index in [2.05, 4.69) is 32.1 Å². The van der Waals surface area contributed by atoms with Crippen molar-refractivity contribution < 1.29 is 0 Å². The molecule has 1 aliphatic heterocycles. The number of nitrogens with zero attached hydrogens (tertiary/aromatic N) is 6. The van der Waals surface area contributed by atoms with Crippen LogP contribution >= 0.6 is 0 Å². The Morgan fingerprint density at radius 3 is 2.00 bits per heavy atom. The van der Waals surface area contributed by atoms with Crippen molar-refractivity contribution in [2.45, 2.75) is 19.0 Å². The Balaban J connectivity index is 0.000000548. The maximum atomic E-state index is 8.83. The lowest BCUT2D eigenvalue weighted by Gasteiger charge is -2.27. The van der Waals surface area contributed by atoms with Crippen LogP contribution < -0.4 is 16.8 Å². The van der Waals surface area contributed by atoms with Gasteiger partial charge in [-0.1, -0.05) is 30.3 Å². The molecule has 1 fully saturated rings. The Labute approximate surface area is 186 Å². The molecule has 1 heterocycles. The molecule has 0 spiro atoms. The Morgan fingerprint density at radius 2 is 1.55 bits per heavy atom. The van der Waals surface area contributed by atoms with Gasteiger partial charge in [-0.2, -0.15) is 15.8 Å². The third-order valence-electron chi connectivity index (χ3n) is 4.26. The van der Waals surface area contributed by atoms with Crippen molar-refractivity contribution in [3.8, 4) is 18.2 Å². The topological polar surface area (TPSA) is 146 Å². The first-order valence-electron chi connectivity index (χ1n) is 10.3. The minimum atomic E-state index is 0.0653. The van der Waals surface area contributed by atoms with E-state index in [0.29, 0.717) is 39.3 Å². The number of unbranched alkanes of at least 4 members (excludes halogenated alkanes) is 1. The summed E-state index contributed by atoms with van der Waals surface area (Å²) in [6.45, 7) is 12.0. The second-order valence-electron chi connectivity index (χ2n) is 6.54. The summed E-state index contributed by atoms with van der Waals surface area (Å²) in [4.78, 5) is 7.42. The molecule has 1 saturated heterocycles. The molecule has 0 amide bonds. The number of nitriles is 3. The van der Waals surface area contributed by atoms with Crippen molar-refractivity contribution in [2.24, 2.45) is 11.5 Å². The van der Waals surface area contributed by atoms with Crippen LogP contribution in [0.1, 0.15) is 24.6 Å². The van der Waals surface area contributed by atoms with Crippen molar-refractivity contribution in [3.05, 3.63) is 47.3 Å². The molecule has 0 saturated carbocycles. The zero-order valence-corrected chi connectivity index (χ0v) is 18.1. The van der Waals surface area contributed by atoms with E-state index in [1.54, 1.807) is 0 Å². The van der Waals surface area contributed by atoms with Crippen molar-refractivity contribution >= 4 is 0 Å². The average molecular weight is 424 g/mol. The molecule has 2 rings (SSSR count). The van der Waals surface area contributed by atoms with Gasteiger partial charge in [-0.15, -0.1) is 0 Å². The zero-order valence-electron chi connectivity index (χ0n) is 18.1. The first kappa shape index (κ1) is 28.0. The third kappa shape index (κ3) is 13.0. The van der Waals surface area contributed by atoms with Crippen LogP contribution in [0.15, 0.2) is 30.3 Å². The Bertz CT molecular complexity index is 681.